The summed E-state index contributed by atoms with van der Waals surface area (Å²) in [5, 5.41) is 3.60. The van der Waals surface area contributed by atoms with Crippen LogP contribution in [0.5, 0.6) is 0 Å². The Morgan fingerprint density at radius 3 is 2.92 bits per heavy atom. The third-order valence-corrected chi connectivity index (χ3v) is 7.06. The summed E-state index contributed by atoms with van der Waals surface area (Å²) in [4.78, 5) is 29.0. The van der Waals surface area contributed by atoms with E-state index in [0.29, 0.717) is 36.1 Å². The first-order valence-electron chi connectivity index (χ1n) is 8.87. The van der Waals surface area contributed by atoms with E-state index in [4.69, 9.17) is 16.3 Å². The second-order valence-electron chi connectivity index (χ2n) is 7.02. The van der Waals surface area contributed by atoms with Crippen LogP contribution in [0.25, 0.3) is 0 Å². The van der Waals surface area contributed by atoms with Crippen LogP contribution in [0, 0.1) is 0 Å². The lowest BCUT2D eigenvalue weighted by Crippen LogP contribution is -2.48. The van der Waals surface area contributed by atoms with Crippen LogP contribution in [0.3, 0.4) is 0 Å². The molecule has 4 rings (SSSR count). The predicted octanol–water partition coefficient (Wildman–Crippen LogP) is 2.57. The Morgan fingerprint density at radius 2 is 2.15 bits per heavy atom. The monoisotopic (exact) mass is 395 g/mol. The van der Waals surface area contributed by atoms with Crippen LogP contribution in [0.1, 0.15) is 19.8 Å². The molecular weight excluding hydrogens is 374 g/mol. The molecule has 0 unspecified atom stereocenters. The first-order valence-corrected chi connectivity index (χ1v) is 10.2. The van der Waals surface area contributed by atoms with Gasteiger partial charge in [-0.05, 0) is 31.5 Å². The molecule has 0 saturated carbocycles. The molecule has 0 radical (unpaired) electrons. The third kappa shape index (κ3) is 3.17. The molecule has 3 fully saturated rings. The summed E-state index contributed by atoms with van der Waals surface area (Å²) in [7, 11) is 0. The number of nitrogens with zero attached hydrogens (tertiary/aromatic N) is 2. The zero-order valence-electron chi connectivity index (χ0n) is 14.7. The number of carbonyl (C=O) groups excluding carboxylic acids is 2. The molecule has 3 aliphatic heterocycles. The van der Waals surface area contributed by atoms with Gasteiger partial charge in [0.25, 0.3) is 0 Å². The van der Waals surface area contributed by atoms with Gasteiger partial charge in [-0.2, -0.15) is 0 Å². The van der Waals surface area contributed by atoms with Gasteiger partial charge in [0.15, 0.2) is 0 Å². The Labute approximate surface area is 162 Å². The summed E-state index contributed by atoms with van der Waals surface area (Å²) in [5.41, 5.74) is 1.63. The van der Waals surface area contributed by atoms with Crippen LogP contribution in [-0.4, -0.2) is 59.7 Å². The lowest BCUT2D eigenvalue weighted by atomic mass is 10.2. The summed E-state index contributed by atoms with van der Waals surface area (Å²) in [6, 6.07) is 5.10. The molecule has 0 aliphatic carbocycles. The molecule has 140 valence electrons. The van der Waals surface area contributed by atoms with Gasteiger partial charge >= 0.3 is 0 Å². The fourth-order valence-electron chi connectivity index (χ4n) is 3.92. The number of ether oxygens (including phenoxy) is 1. The van der Waals surface area contributed by atoms with Crippen molar-refractivity contribution in [2.75, 3.05) is 42.3 Å². The van der Waals surface area contributed by atoms with Gasteiger partial charge in [-0.25, -0.2) is 0 Å². The molecule has 8 heteroatoms. The van der Waals surface area contributed by atoms with Gasteiger partial charge in [0.1, 0.15) is 6.04 Å². The van der Waals surface area contributed by atoms with Crippen molar-refractivity contribution >= 4 is 46.6 Å². The molecule has 3 heterocycles. The lowest BCUT2D eigenvalue weighted by molar-refractivity contribution is -0.135. The zero-order valence-corrected chi connectivity index (χ0v) is 16.2. The number of nitrogens with one attached hydrogen (secondary N) is 1. The van der Waals surface area contributed by atoms with Gasteiger partial charge in [0.2, 0.25) is 11.8 Å². The number of carbonyl (C=O) groups is 2. The standard InChI is InChI=1S/C18H22ClN3O3S/c1-18-5-4-16(23)22(18)15(11-26-18)17(24)20-13-10-12(19)2-3-14(13)21-6-8-25-9-7-21/h2-3,10,15H,4-9,11H2,1H3,(H,20,24)/t15-,18+/m1/s1. The largest absolute Gasteiger partial charge is 0.378 e. The number of amides is 2. The molecule has 6 nitrogen and oxygen atoms in total. The molecule has 0 bridgehead atoms. The topological polar surface area (TPSA) is 61.9 Å². The Bertz CT molecular complexity index is 740. The van der Waals surface area contributed by atoms with Crippen molar-refractivity contribution in [2.24, 2.45) is 0 Å². The van der Waals surface area contributed by atoms with E-state index < -0.39 is 6.04 Å². The minimum atomic E-state index is -0.434. The SMILES string of the molecule is C[C@]12CCC(=O)N1[C@@H](C(=O)Nc1cc(Cl)ccc1N1CCOCC1)CS2. The fraction of sp³-hybridized carbons (Fsp3) is 0.556. The van der Waals surface area contributed by atoms with E-state index in [1.54, 1.807) is 22.7 Å². The molecule has 1 N–H and O–H groups in total. The van der Waals surface area contributed by atoms with Crippen LogP contribution >= 0.6 is 23.4 Å². The number of hydrogen-bond acceptors (Lipinski definition) is 5. The van der Waals surface area contributed by atoms with E-state index in [1.165, 1.54) is 0 Å². The number of benzene rings is 1. The molecular formula is C18H22ClN3O3S. The number of anilines is 2. The number of halogens is 1. The predicted molar refractivity (Wildman–Crippen MR) is 104 cm³/mol. The van der Waals surface area contributed by atoms with Crippen molar-refractivity contribution in [3.8, 4) is 0 Å². The Morgan fingerprint density at radius 1 is 1.38 bits per heavy atom. The summed E-state index contributed by atoms with van der Waals surface area (Å²) in [5.74, 6) is 0.548. The Balaban J connectivity index is 1.56. The third-order valence-electron chi connectivity index (χ3n) is 5.32. The van der Waals surface area contributed by atoms with Gasteiger partial charge in [-0.1, -0.05) is 11.6 Å². The highest BCUT2D eigenvalue weighted by Gasteiger charge is 2.52. The van der Waals surface area contributed by atoms with Crippen molar-refractivity contribution in [1.82, 2.24) is 4.90 Å². The molecule has 3 saturated heterocycles. The zero-order chi connectivity index (χ0) is 18.3. The molecule has 3 aliphatic rings. The highest BCUT2D eigenvalue weighted by molar-refractivity contribution is 8.01. The average molecular weight is 396 g/mol. The molecule has 26 heavy (non-hydrogen) atoms. The van der Waals surface area contributed by atoms with Crippen LogP contribution in [0.15, 0.2) is 18.2 Å². The van der Waals surface area contributed by atoms with Gasteiger partial charge in [-0.3, -0.25) is 9.59 Å². The van der Waals surface area contributed by atoms with Crippen molar-refractivity contribution < 1.29 is 14.3 Å². The minimum absolute atomic E-state index is 0.0668. The van der Waals surface area contributed by atoms with Crippen LogP contribution < -0.4 is 10.2 Å². The number of morpholine rings is 1. The summed E-state index contributed by atoms with van der Waals surface area (Å²) in [6.07, 6.45) is 1.32. The second kappa shape index (κ2) is 6.94. The van der Waals surface area contributed by atoms with Crippen LogP contribution in [-0.2, 0) is 14.3 Å². The highest BCUT2D eigenvalue weighted by Crippen LogP contribution is 2.47. The minimum Gasteiger partial charge on any atom is -0.378 e. The first-order chi connectivity index (χ1) is 12.5. The maximum absolute atomic E-state index is 13.0. The van der Waals surface area contributed by atoms with Gasteiger partial charge in [0, 0.05) is 30.3 Å². The van der Waals surface area contributed by atoms with Crippen molar-refractivity contribution in [1.29, 1.82) is 0 Å². The van der Waals surface area contributed by atoms with Gasteiger partial charge in [0.05, 0.1) is 29.5 Å². The van der Waals surface area contributed by atoms with E-state index in [2.05, 4.69) is 10.2 Å². The fourth-order valence-corrected chi connectivity index (χ4v) is 5.52. The van der Waals surface area contributed by atoms with Crippen molar-refractivity contribution in [2.45, 2.75) is 30.7 Å². The summed E-state index contributed by atoms with van der Waals surface area (Å²) < 4.78 is 5.42. The van der Waals surface area contributed by atoms with Gasteiger partial charge < -0.3 is 19.9 Å². The van der Waals surface area contributed by atoms with Crippen LogP contribution in [0.2, 0.25) is 5.02 Å². The summed E-state index contributed by atoms with van der Waals surface area (Å²) in [6.45, 7) is 4.92. The molecule has 1 aromatic rings. The Kier molecular flexibility index (Phi) is 4.79. The van der Waals surface area contributed by atoms with E-state index in [1.807, 2.05) is 19.1 Å². The quantitative estimate of drug-likeness (QED) is 0.852. The number of thioether (sulfide) groups is 1. The maximum atomic E-state index is 13.0. The molecule has 0 aromatic heterocycles. The van der Waals surface area contributed by atoms with E-state index >= 15 is 0 Å². The maximum Gasteiger partial charge on any atom is 0.248 e. The first kappa shape index (κ1) is 17.9. The van der Waals surface area contributed by atoms with Gasteiger partial charge in [-0.15, -0.1) is 11.8 Å². The molecule has 0 spiro atoms. The van der Waals surface area contributed by atoms with Crippen molar-refractivity contribution in [3.63, 3.8) is 0 Å². The lowest BCUT2D eigenvalue weighted by Gasteiger charge is -2.32. The number of hydrogen-bond donors (Lipinski definition) is 1. The number of rotatable bonds is 3. The Hall–Kier alpha value is -1.44. The average Bonchev–Trinajstić information content (AvgIpc) is 3.12. The van der Waals surface area contributed by atoms with E-state index in [9.17, 15) is 9.59 Å². The van der Waals surface area contributed by atoms with E-state index in [-0.39, 0.29) is 16.7 Å². The summed E-state index contributed by atoms with van der Waals surface area (Å²) >= 11 is 7.86. The molecule has 2 amide bonds. The van der Waals surface area contributed by atoms with Crippen molar-refractivity contribution in [3.05, 3.63) is 23.2 Å². The smallest absolute Gasteiger partial charge is 0.248 e. The molecule has 2 atom stereocenters. The molecule has 1 aromatic carbocycles. The second-order valence-corrected chi connectivity index (χ2v) is 8.95. The number of fused-ring (bicyclic) bond motifs is 1. The highest BCUT2D eigenvalue weighted by atomic mass is 35.5. The van der Waals surface area contributed by atoms with Crippen LogP contribution in [0.4, 0.5) is 11.4 Å². The normalized spacial score (nSPS) is 28.4. The van der Waals surface area contributed by atoms with E-state index in [0.717, 1.165) is 25.2 Å².